The van der Waals surface area contributed by atoms with Crippen molar-refractivity contribution in [2.45, 2.75) is 0 Å². The summed E-state index contributed by atoms with van der Waals surface area (Å²) in [5.74, 6) is -43.9. The van der Waals surface area contributed by atoms with Crippen LogP contribution in [0.4, 0.5) is 65.9 Å². The summed E-state index contributed by atoms with van der Waals surface area (Å²) in [5, 5.41) is 9.16. The van der Waals surface area contributed by atoms with Gasteiger partial charge in [-0.25, -0.2) is 65.9 Å². The van der Waals surface area contributed by atoms with Crippen molar-refractivity contribution in [2.75, 3.05) is 0 Å². The van der Waals surface area contributed by atoms with E-state index in [4.69, 9.17) is 5.02 Å². The Labute approximate surface area is 222 Å². The van der Waals surface area contributed by atoms with Crippen LogP contribution in [0.3, 0.4) is 0 Å². The van der Waals surface area contributed by atoms with E-state index in [1.54, 1.807) is 0 Å². The topological polar surface area (TPSA) is 29.5 Å². The lowest BCUT2D eigenvalue weighted by molar-refractivity contribution is 0.379. The number of halogens is 15. The predicted octanol–water partition coefficient (Wildman–Crippen LogP) is 7.41. The maximum absolute atomic E-state index is 15.0. The second-order valence-corrected chi connectivity index (χ2v) is 7.97. The normalized spacial score (nSPS) is 11.3. The zero-order valence-electron chi connectivity index (χ0n) is 19.4. The molecule has 0 aliphatic carbocycles. The fourth-order valence-corrected chi connectivity index (χ4v) is 3.98. The molecule has 2 nitrogen and oxygen atoms in total. The molecule has 1 N–H and O–H groups in total. The van der Waals surface area contributed by atoms with E-state index in [1.807, 2.05) is 0 Å². The summed E-state index contributed by atoms with van der Waals surface area (Å²) < 4.78 is 220. The molecule has 18 heteroatoms. The number of hydrogen-bond donors (Lipinski definition) is 1. The first-order valence-corrected chi connectivity index (χ1v) is 10.6. The van der Waals surface area contributed by atoms with Crippen LogP contribution in [0.15, 0.2) is 12.1 Å². The summed E-state index contributed by atoms with van der Waals surface area (Å²) in [6.07, 6.45) is 0. The minimum absolute atomic E-state index is 0.117. The van der Waals surface area contributed by atoms with Crippen LogP contribution in [0.5, 0.6) is 5.75 Å². The number of benzene rings is 4. The SMILES string of the molecule is OBOc1ccc(-c2c(F)c(F)c(F)c(F)c2F)c(-c2c(F)c(F)c(F)c(F)c2F)c1-c1c(F)c(F)c(F)c(F)c1F. The van der Waals surface area contributed by atoms with Crippen LogP contribution in [0.2, 0.25) is 0 Å². The van der Waals surface area contributed by atoms with E-state index in [2.05, 4.69) is 4.65 Å². The Bertz CT molecular complexity index is 1720. The molecule has 0 atom stereocenters. The molecule has 0 bridgehead atoms. The van der Waals surface area contributed by atoms with Crippen LogP contribution in [-0.2, 0) is 0 Å². The summed E-state index contributed by atoms with van der Waals surface area (Å²) in [4.78, 5) is 0. The molecule has 0 spiro atoms. The Hall–Kier alpha value is -4.35. The third-order valence-electron chi connectivity index (χ3n) is 5.79. The molecule has 0 heterocycles. The standard InChI is InChI=1S/C24H4BF15O2/c26-10-6(11(27)17(33)22(38)16(10)32)3-1-2-4(42-25-41)7(9-14(30)20(36)24(40)21(37)15(9)31)5(3)8-12(28)18(34)23(39)19(35)13(8)29/h1-2,25,41H. The fraction of sp³-hybridized carbons (Fsp3) is 0. The van der Waals surface area contributed by atoms with Gasteiger partial charge in [0.05, 0.1) is 16.7 Å². The highest BCUT2D eigenvalue weighted by atomic mass is 19.2. The van der Waals surface area contributed by atoms with Gasteiger partial charge in [0.15, 0.2) is 69.8 Å². The second-order valence-electron chi connectivity index (χ2n) is 7.97. The Morgan fingerprint density at radius 1 is 0.357 bits per heavy atom. The zero-order valence-corrected chi connectivity index (χ0v) is 19.4. The Balaban J connectivity index is 2.43. The number of hydrogen-bond acceptors (Lipinski definition) is 2. The van der Waals surface area contributed by atoms with Gasteiger partial charge < -0.3 is 9.68 Å². The lowest BCUT2D eigenvalue weighted by atomic mass is 9.85. The largest absolute Gasteiger partial charge is 0.538 e. The quantitative estimate of drug-likeness (QED) is 0.109. The van der Waals surface area contributed by atoms with Crippen molar-refractivity contribution in [2.24, 2.45) is 0 Å². The number of rotatable bonds is 5. The monoisotopic (exact) mass is 620 g/mol. The van der Waals surface area contributed by atoms with Crippen LogP contribution >= 0.6 is 0 Å². The Morgan fingerprint density at radius 2 is 0.643 bits per heavy atom. The van der Waals surface area contributed by atoms with Gasteiger partial charge >= 0.3 is 7.69 Å². The van der Waals surface area contributed by atoms with Crippen LogP contribution in [-0.4, -0.2) is 12.7 Å². The average Bonchev–Trinajstić information content (AvgIpc) is 2.97. The fourth-order valence-electron chi connectivity index (χ4n) is 3.98. The molecule has 42 heavy (non-hydrogen) atoms. The first-order valence-electron chi connectivity index (χ1n) is 10.6. The van der Waals surface area contributed by atoms with E-state index in [1.165, 1.54) is 0 Å². The van der Waals surface area contributed by atoms with Crippen LogP contribution in [0.1, 0.15) is 0 Å². The molecule has 0 aromatic heterocycles. The molecule has 0 unspecified atom stereocenters. The molecule has 4 aromatic carbocycles. The lowest BCUT2D eigenvalue weighted by Gasteiger charge is -2.22. The minimum atomic E-state index is -2.91. The third kappa shape index (κ3) is 4.31. The van der Waals surface area contributed by atoms with Crippen molar-refractivity contribution in [1.29, 1.82) is 0 Å². The summed E-state index contributed by atoms with van der Waals surface area (Å²) in [6.45, 7) is 0. The van der Waals surface area contributed by atoms with Crippen LogP contribution in [0.25, 0.3) is 33.4 Å². The van der Waals surface area contributed by atoms with E-state index < -0.39 is 134 Å². The summed E-state index contributed by atoms with van der Waals surface area (Å²) in [7, 11) is -1.60. The van der Waals surface area contributed by atoms with Crippen molar-refractivity contribution in [3.8, 4) is 39.1 Å². The summed E-state index contributed by atoms with van der Waals surface area (Å²) >= 11 is 0. The Morgan fingerprint density at radius 3 is 0.976 bits per heavy atom. The molecule has 4 rings (SSSR count). The van der Waals surface area contributed by atoms with Gasteiger partial charge in [-0.05, 0) is 17.7 Å². The van der Waals surface area contributed by atoms with E-state index in [0.717, 1.165) is 0 Å². The molecular weight excluding hydrogens is 616 g/mol. The highest BCUT2D eigenvalue weighted by molar-refractivity contribution is 6.18. The van der Waals surface area contributed by atoms with E-state index in [-0.39, 0.29) is 12.1 Å². The molecule has 220 valence electrons. The van der Waals surface area contributed by atoms with Crippen molar-refractivity contribution in [3.05, 3.63) is 99.4 Å². The van der Waals surface area contributed by atoms with Crippen molar-refractivity contribution in [3.63, 3.8) is 0 Å². The van der Waals surface area contributed by atoms with E-state index in [0.29, 0.717) is 0 Å². The van der Waals surface area contributed by atoms with Gasteiger partial charge in [-0.1, -0.05) is 0 Å². The summed E-state index contributed by atoms with van der Waals surface area (Å²) in [5.41, 5.74) is -12.7. The third-order valence-corrected chi connectivity index (χ3v) is 5.79. The van der Waals surface area contributed by atoms with Crippen LogP contribution in [0, 0.1) is 87.3 Å². The van der Waals surface area contributed by atoms with Gasteiger partial charge in [0, 0.05) is 11.1 Å². The Kier molecular flexibility index (Phi) is 7.88. The van der Waals surface area contributed by atoms with Crippen molar-refractivity contribution >= 4 is 7.69 Å². The first kappa shape index (κ1) is 30.6. The zero-order chi connectivity index (χ0) is 31.5. The molecule has 4 aromatic rings. The smallest absolute Gasteiger partial charge is 0.504 e. The maximum atomic E-state index is 15.0. The molecule has 0 radical (unpaired) electrons. The lowest BCUT2D eigenvalue weighted by Crippen LogP contribution is -2.12. The molecule has 0 aliphatic rings. The van der Waals surface area contributed by atoms with Crippen LogP contribution < -0.4 is 4.65 Å². The minimum Gasteiger partial charge on any atom is -0.538 e. The van der Waals surface area contributed by atoms with Gasteiger partial charge in [0.1, 0.15) is 5.75 Å². The maximum Gasteiger partial charge on any atom is 0.504 e. The second kappa shape index (κ2) is 10.8. The predicted molar refractivity (Wildman–Crippen MR) is 112 cm³/mol. The highest BCUT2D eigenvalue weighted by Crippen LogP contribution is 2.50. The molecular formula is C24H4BF15O2. The van der Waals surface area contributed by atoms with Gasteiger partial charge in [0.25, 0.3) is 0 Å². The average molecular weight is 620 g/mol. The van der Waals surface area contributed by atoms with Gasteiger partial charge in [-0.15, -0.1) is 0 Å². The van der Waals surface area contributed by atoms with E-state index in [9.17, 15) is 57.1 Å². The molecule has 0 saturated heterocycles. The van der Waals surface area contributed by atoms with E-state index >= 15 is 8.78 Å². The summed E-state index contributed by atoms with van der Waals surface area (Å²) in [6, 6.07) is 0.346. The van der Waals surface area contributed by atoms with Gasteiger partial charge in [-0.2, -0.15) is 0 Å². The first-order chi connectivity index (χ1) is 19.6. The molecule has 0 aliphatic heterocycles. The van der Waals surface area contributed by atoms with Gasteiger partial charge in [0.2, 0.25) is 17.5 Å². The molecule has 0 fully saturated rings. The molecule has 0 amide bonds. The van der Waals surface area contributed by atoms with Gasteiger partial charge in [-0.3, -0.25) is 0 Å². The highest BCUT2D eigenvalue weighted by Gasteiger charge is 2.37. The van der Waals surface area contributed by atoms with Crippen molar-refractivity contribution < 1.29 is 75.5 Å². The van der Waals surface area contributed by atoms with Crippen molar-refractivity contribution in [1.82, 2.24) is 0 Å². The molecule has 0 saturated carbocycles.